The van der Waals surface area contributed by atoms with Gasteiger partial charge < -0.3 is 9.64 Å². The number of amides is 1. The Morgan fingerprint density at radius 3 is 2.47 bits per heavy atom. The van der Waals surface area contributed by atoms with E-state index in [1.54, 1.807) is 0 Å². The molecular formula is C13H20N4O2. The highest BCUT2D eigenvalue weighted by molar-refractivity contribution is 5.69. The third kappa shape index (κ3) is 2.19. The molecule has 0 aromatic carbocycles. The maximum Gasteiger partial charge on any atom is 0.410 e. The largest absolute Gasteiger partial charge is 0.444 e. The summed E-state index contributed by atoms with van der Waals surface area (Å²) in [7, 11) is 1.92. The number of ether oxygens (including phenoxy) is 1. The third-order valence-corrected chi connectivity index (χ3v) is 3.94. The topological polar surface area (TPSA) is 60.2 Å². The van der Waals surface area contributed by atoms with Crippen LogP contribution in [0, 0.1) is 11.8 Å². The van der Waals surface area contributed by atoms with Crippen LogP contribution in [0.4, 0.5) is 4.79 Å². The van der Waals surface area contributed by atoms with Crippen LogP contribution in [0.15, 0.2) is 6.20 Å². The van der Waals surface area contributed by atoms with Crippen molar-refractivity contribution in [2.24, 2.45) is 18.9 Å². The first-order valence-corrected chi connectivity index (χ1v) is 6.69. The quantitative estimate of drug-likeness (QED) is 0.769. The normalized spacial score (nSPS) is 29.3. The van der Waals surface area contributed by atoms with Gasteiger partial charge in [-0.15, -0.1) is 5.10 Å². The van der Waals surface area contributed by atoms with Crippen molar-refractivity contribution in [1.82, 2.24) is 19.9 Å². The Morgan fingerprint density at radius 2 is 2.00 bits per heavy atom. The molecule has 1 saturated heterocycles. The van der Waals surface area contributed by atoms with Crippen molar-refractivity contribution in [3.8, 4) is 0 Å². The molecule has 3 rings (SSSR count). The highest BCUT2D eigenvalue weighted by Crippen LogP contribution is 2.57. The Kier molecular flexibility index (Phi) is 2.59. The second kappa shape index (κ2) is 3.95. The number of aromatic nitrogens is 3. The van der Waals surface area contributed by atoms with Gasteiger partial charge in [0.25, 0.3) is 0 Å². The molecular weight excluding hydrogens is 244 g/mol. The number of rotatable bonds is 1. The van der Waals surface area contributed by atoms with Gasteiger partial charge in [-0.25, -0.2) is 4.79 Å². The average Bonchev–Trinajstić information content (AvgIpc) is 2.68. The molecule has 2 fully saturated rings. The van der Waals surface area contributed by atoms with Crippen molar-refractivity contribution in [2.45, 2.75) is 32.3 Å². The van der Waals surface area contributed by atoms with Gasteiger partial charge in [-0.05, 0) is 32.6 Å². The summed E-state index contributed by atoms with van der Waals surface area (Å²) < 4.78 is 7.23. The van der Waals surface area contributed by atoms with E-state index in [4.69, 9.17) is 4.74 Å². The predicted molar refractivity (Wildman–Crippen MR) is 68.5 cm³/mol. The van der Waals surface area contributed by atoms with Gasteiger partial charge in [0.15, 0.2) is 0 Å². The van der Waals surface area contributed by atoms with E-state index in [0.717, 1.165) is 13.1 Å². The van der Waals surface area contributed by atoms with Gasteiger partial charge in [-0.1, -0.05) is 5.21 Å². The molecule has 0 spiro atoms. The molecule has 0 radical (unpaired) electrons. The van der Waals surface area contributed by atoms with E-state index in [9.17, 15) is 4.79 Å². The molecule has 1 aliphatic heterocycles. The lowest BCUT2D eigenvalue weighted by Gasteiger charge is -2.25. The van der Waals surface area contributed by atoms with Crippen LogP contribution in [-0.2, 0) is 11.8 Å². The molecule has 1 saturated carbocycles. The summed E-state index contributed by atoms with van der Waals surface area (Å²) in [6.45, 7) is 7.26. The van der Waals surface area contributed by atoms with E-state index in [-0.39, 0.29) is 6.09 Å². The van der Waals surface area contributed by atoms with Crippen LogP contribution in [0.2, 0.25) is 0 Å². The van der Waals surface area contributed by atoms with Crippen molar-refractivity contribution in [3.05, 3.63) is 11.9 Å². The Morgan fingerprint density at radius 1 is 1.37 bits per heavy atom. The van der Waals surface area contributed by atoms with E-state index in [2.05, 4.69) is 10.3 Å². The SMILES string of the molecule is Cn1nncc1C1[C@H]2CN(C(=O)OC(C)(C)C)C[C@@H]12. The van der Waals surface area contributed by atoms with Gasteiger partial charge in [0, 0.05) is 26.1 Å². The van der Waals surface area contributed by atoms with Crippen LogP contribution in [0.25, 0.3) is 0 Å². The van der Waals surface area contributed by atoms with E-state index in [1.165, 1.54) is 5.69 Å². The monoisotopic (exact) mass is 264 g/mol. The summed E-state index contributed by atoms with van der Waals surface area (Å²) in [5.74, 6) is 1.60. The zero-order valence-electron chi connectivity index (χ0n) is 11.8. The summed E-state index contributed by atoms with van der Waals surface area (Å²) in [6.07, 6.45) is 1.64. The van der Waals surface area contributed by atoms with Gasteiger partial charge in [0.2, 0.25) is 0 Å². The molecule has 2 heterocycles. The minimum atomic E-state index is -0.421. The molecule has 19 heavy (non-hydrogen) atoms. The predicted octanol–water partition coefficient (Wildman–Crippen LogP) is 1.40. The molecule has 0 bridgehead atoms. The van der Waals surface area contributed by atoms with Gasteiger partial charge >= 0.3 is 6.09 Å². The zero-order valence-corrected chi connectivity index (χ0v) is 11.8. The number of hydrogen-bond acceptors (Lipinski definition) is 4. The smallest absolute Gasteiger partial charge is 0.410 e. The molecule has 1 aromatic rings. The fourth-order valence-electron chi connectivity index (χ4n) is 3.04. The number of likely N-dealkylation sites (tertiary alicyclic amines) is 1. The Labute approximate surface area is 112 Å². The van der Waals surface area contributed by atoms with Crippen LogP contribution in [0.3, 0.4) is 0 Å². The fraction of sp³-hybridized carbons (Fsp3) is 0.769. The Balaban J connectivity index is 1.59. The van der Waals surface area contributed by atoms with Crippen LogP contribution in [0.1, 0.15) is 32.4 Å². The lowest BCUT2D eigenvalue weighted by atomic mass is 10.2. The maximum absolute atomic E-state index is 12.0. The van der Waals surface area contributed by atoms with Crippen molar-refractivity contribution in [3.63, 3.8) is 0 Å². The summed E-state index contributed by atoms with van der Waals surface area (Å²) in [4.78, 5) is 13.8. The van der Waals surface area contributed by atoms with Crippen molar-refractivity contribution in [1.29, 1.82) is 0 Å². The lowest BCUT2D eigenvalue weighted by Crippen LogP contribution is -2.37. The maximum atomic E-state index is 12.0. The van der Waals surface area contributed by atoms with Crippen LogP contribution in [0.5, 0.6) is 0 Å². The van der Waals surface area contributed by atoms with Gasteiger partial charge in [-0.3, -0.25) is 4.68 Å². The lowest BCUT2D eigenvalue weighted by molar-refractivity contribution is 0.0270. The first kappa shape index (κ1) is 12.4. The first-order valence-electron chi connectivity index (χ1n) is 6.69. The molecule has 2 aliphatic rings. The third-order valence-electron chi connectivity index (χ3n) is 3.94. The summed E-state index contributed by atoms with van der Waals surface area (Å²) in [5.41, 5.74) is 0.758. The number of nitrogens with zero attached hydrogens (tertiary/aromatic N) is 4. The van der Waals surface area contributed by atoms with Crippen molar-refractivity contribution < 1.29 is 9.53 Å². The van der Waals surface area contributed by atoms with Gasteiger partial charge in [-0.2, -0.15) is 0 Å². The Bertz CT molecular complexity index is 493. The van der Waals surface area contributed by atoms with Gasteiger partial charge in [0.1, 0.15) is 5.60 Å². The van der Waals surface area contributed by atoms with E-state index in [1.807, 2.05) is 43.6 Å². The highest BCUT2D eigenvalue weighted by Gasteiger charge is 2.58. The number of hydrogen-bond donors (Lipinski definition) is 0. The van der Waals surface area contributed by atoms with E-state index in [0.29, 0.717) is 17.8 Å². The highest BCUT2D eigenvalue weighted by atomic mass is 16.6. The number of carbonyl (C=O) groups excluding carboxylic acids is 1. The zero-order chi connectivity index (χ0) is 13.8. The number of carbonyl (C=O) groups is 1. The first-order chi connectivity index (χ1) is 8.87. The Hall–Kier alpha value is -1.59. The van der Waals surface area contributed by atoms with Crippen LogP contribution in [-0.4, -0.2) is 44.7 Å². The molecule has 1 amide bonds. The molecule has 6 nitrogen and oxygen atoms in total. The average molecular weight is 264 g/mol. The summed E-state index contributed by atoms with van der Waals surface area (Å²) >= 11 is 0. The molecule has 0 N–H and O–H groups in total. The van der Waals surface area contributed by atoms with E-state index >= 15 is 0 Å². The number of aryl methyl sites for hydroxylation is 1. The van der Waals surface area contributed by atoms with Crippen molar-refractivity contribution >= 4 is 6.09 Å². The number of piperidine rings is 1. The minimum Gasteiger partial charge on any atom is -0.444 e. The fourth-order valence-corrected chi connectivity index (χ4v) is 3.04. The van der Waals surface area contributed by atoms with Crippen LogP contribution >= 0.6 is 0 Å². The van der Waals surface area contributed by atoms with Crippen molar-refractivity contribution in [2.75, 3.05) is 13.1 Å². The summed E-state index contributed by atoms with van der Waals surface area (Å²) in [5, 5.41) is 7.89. The number of fused-ring (bicyclic) bond motifs is 1. The minimum absolute atomic E-state index is 0.193. The molecule has 104 valence electrons. The molecule has 6 heteroatoms. The second-order valence-electron chi connectivity index (χ2n) is 6.52. The van der Waals surface area contributed by atoms with Gasteiger partial charge in [0.05, 0.1) is 11.9 Å². The molecule has 1 aromatic heterocycles. The molecule has 3 atom stereocenters. The standard InChI is InChI=1S/C13H20N4O2/c1-13(2,3)19-12(18)17-6-8-9(7-17)11(8)10-5-14-15-16(10)4/h5,8-9,11H,6-7H2,1-4H3/t8-,9+,11?. The molecule has 1 aliphatic carbocycles. The van der Waals surface area contributed by atoms with Crippen LogP contribution < -0.4 is 0 Å². The second-order valence-corrected chi connectivity index (χ2v) is 6.52. The van der Waals surface area contributed by atoms with E-state index < -0.39 is 5.60 Å². The molecule has 1 unspecified atom stereocenters. The summed E-state index contributed by atoms with van der Waals surface area (Å²) in [6, 6.07) is 0.